The number of benzene rings is 1. The van der Waals surface area contributed by atoms with Gasteiger partial charge in [-0.3, -0.25) is 9.59 Å². The minimum Gasteiger partial charge on any atom is -0.481 e. The number of carbonyl (C=O) groups is 2. The number of aromatic nitrogens is 2. The van der Waals surface area contributed by atoms with Crippen LogP contribution in [0.4, 0.5) is 0 Å². The summed E-state index contributed by atoms with van der Waals surface area (Å²) in [6, 6.07) is 7.61. The second kappa shape index (κ2) is 12.3. The average Bonchev–Trinajstić information content (AvgIpc) is 3.68. The topological polar surface area (TPSA) is 103 Å². The van der Waals surface area contributed by atoms with E-state index in [1.807, 2.05) is 24.3 Å². The molecule has 8 heteroatoms. The summed E-state index contributed by atoms with van der Waals surface area (Å²) in [6.45, 7) is 27.6. The molecule has 2 aromatic rings. The van der Waals surface area contributed by atoms with E-state index in [0.717, 1.165) is 69.2 Å². The lowest BCUT2D eigenvalue weighted by atomic mass is 9.28. The van der Waals surface area contributed by atoms with Gasteiger partial charge in [-0.15, -0.1) is 10.2 Å². The molecule has 0 spiro atoms. The Morgan fingerprint density at radius 2 is 1.58 bits per heavy atom. The second-order valence-corrected chi connectivity index (χ2v) is 20.6. The van der Waals surface area contributed by atoms with Crippen molar-refractivity contribution in [2.24, 2.45) is 50.2 Å². The summed E-state index contributed by atoms with van der Waals surface area (Å²) >= 11 is 6.20. The van der Waals surface area contributed by atoms with Crippen LogP contribution in [0.15, 0.2) is 52.0 Å². The fourth-order valence-electron chi connectivity index (χ4n) is 13.4. The lowest BCUT2D eigenvalue weighted by Gasteiger charge is -2.76. The predicted octanol–water partition coefficient (Wildman–Crippen LogP) is 11.4. The highest BCUT2D eigenvalue weighted by atomic mass is 35.5. The van der Waals surface area contributed by atoms with Gasteiger partial charge in [0, 0.05) is 16.0 Å². The molecule has 0 radical (unpaired) electrons. The van der Waals surface area contributed by atoms with Gasteiger partial charge in [0.1, 0.15) is 6.10 Å². The number of ether oxygens (including phenoxy) is 1. The number of aliphatic carboxylic acids is 1. The van der Waals surface area contributed by atoms with Crippen LogP contribution in [-0.4, -0.2) is 33.3 Å². The number of carboxylic acids is 1. The first-order valence-electron chi connectivity index (χ1n) is 20.0. The van der Waals surface area contributed by atoms with E-state index in [1.54, 1.807) is 13.8 Å². The molecule has 5 aliphatic rings. The van der Waals surface area contributed by atoms with Crippen molar-refractivity contribution in [3.05, 3.63) is 58.5 Å². The highest BCUT2D eigenvalue weighted by molar-refractivity contribution is 6.30. The van der Waals surface area contributed by atoms with Crippen molar-refractivity contribution in [2.45, 2.75) is 145 Å². The molecule has 8 unspecified atom stereocenters. The molecule has 1 N–H and O–H groups in total. The van der Waals surface area contributed by atoms with Gasteiger partial charge in [0.05, 0.1) is 17.3 Å². The van der Waals surface area contributed by atoms with Crippen LogP contribution in [0.25, 0.3) is 11.5 Å². The van der Waals surface area contributed by atoms with Gasteiger partial charge in [0.25, 0.3) is 0 Å². The van der Waals surface area contributed by atoms with Gasteiger partial charge in [-0.2, -0.15) is 0 Å². The van der Waals surface area contributed by atoms with Gasteiger partial charge in [0.15, 0.2) is 0 Å². The van der Waals surface area contributed by atoms with Crippen LogP contribution in [0.3, 0.4) is 0 Å². The fourth-order valence-corrected chi connectivity index (χ4v) is 13.6. The van der Waals surface area contributed by atoms with E-state index >= 15 is 0 Å². The number of halogens is 1. The average molecular weight is 745 g/mol. The van der Waals surface area contributed by atoms with E-state index in [9.17, 15) is 14.7 Å². The Morgan fingerprint density at radius 3 is 2.23 bits per heavy atom. The van der Waals surface area contributed by atoms with E-state index < -0.39 is 17.4 Å². The van der Waals surface area contributed by atoms with Crippen molar-refractivity contribution < 1.29 is 23.8 Å². The number of carbonyl (C=O) groups excluding carboxylic acids is 1. The normalized spacial score (nSPS) is 37.8. The van der Waals surface area contributed by atoms with E-state index in [0.29, 0.717) is 28.7 Å². The van der Waals surface area contributed by atoms with Crippen LogP contribution in [0.1, 0.15) is 139 Å². The Hall–Kier alpha value is -2.93. The quantitative estimate of drug-likeness (QED) is 0.282. The summed E-state index contributed by atoms with van der Waals surface area (Å²) in [6.07, 6.45) is 8.71. The maximum atomic E-state index is 13.2. The van der Waals surface area contributed by atoms with Crippen LogP contribution in [0, 0.1) is 50.2 Å². The molecule has 8 atom stereocenters. The Bertz CT molecular complexity index is 1870. The molecule has 0 amide bonds. The third-order valence-corrected chi connectivity index (χ3v) is 17.1. The number of fused-ring (bicyclic) bond motifs is 7. The highest BCUT2D eigenvalue weighted by Gasteiger charge is 2.74. The Kier molecular flexibility index (Phi) is 8.89. The van der Waals surface area contributed by atoms with Crippen LogP contribution in [0.5, 0.6) is 0 Å². The van der Waals surface area contributed by atoms with E-state index in [-0.39, 0.29) is 45.0 Å². The zero-order chi connectivity index (χ0) is 38.7. The molecule has 0 bridgehead atoms. The van der Waals surface area contributed by atoms with Crippen molar-refractivity contribution >= 4 is 23.5 Å². The number of rotatable bonds is 7. The van der Waals surface area contributed by atoms with E-state index in [1.165, 1.54) is 16.7 Å². The molecule has 1 heterocycles. The van der Waals surface area contributed by atoms with Gasteiger partial charge in [-0.25, -0.2) is 0 Å². The van der Waals surface area contributed by atoms with Crippen molar-refractivity contribution in [3.63, 3.8) is 0 Å². The van der Waals surface area contributed by atoms with Gasteiger partial charge in [-0.05, 0) is 146 Å². The minimum atomic E-state index is -1.16. The van der Waals surface area contributed by atoms with Crippen molar-refractivity contribution in [3.8, 4) is 11.5 Å². The zero-order valence-corrected chi connectivity index (χ0v) is 34.5. The maximum absolute atomic E-state index is 13.2. The molecule has 53 heavy (non-hydrogen) atoms. The van der Waals surface area contributed by atoms with Crippen molar-refractivity contribution in [1.82, 2.24) is 10.2 Å². The largest absolute Gasteiger partial charge is 0.481 e. The van der Waals surface area contributed by atoms with Crippen molar-refractivity contribution in [1.29, 1.82) is 0 Å². The monoisotopic (exact) mass is 744 g/mol. The van der Waals surface area contributed by atoms with E-state index in [2.05, 4.69) is 60.5 Å². The molecule has 0 saturated heterocycles. The Labute approximate surface area is 321 Å². The number of hydrogen-bond donors (Lipinski definition) is 1. The van der Waals surface area contributed by atoms with Gasteiger partial charge >= 0.3 is 11.9 Å². The highest BCUT2D eigenvalue weighted by Crippen LogP contribution is 2.81. The molecular weight excluding hydrogens is 684 g/mol. The molecule has 1 aromatic heterocycles. The first kappa shape index (κ1) is 38.3. The number of nitrogens with zero attached hydrogens (tertiary/aromatic N) is 2. The summed E-state index contributed by atoms with van der Waals surface area (Å²) in [4.78, 5) is 25.0. The zero-order valence-electron chi connectivity index (χ0n) is 33.7. The smallest absolute Gasteiger partial charge is 0.309 e. The molecule has 7 rings (SSSR count). The molecular formula is C45H61ClN2O5. The fraction of sp³-hybridized carbons (Fsp3) is 0.689. The summed E-state index contributed by atoms with van der Waals surface area (Å²) in [5.74, 6) is 0.967. The third-order valence-electron chi connectivity index (χ3n) is 16.9. The standard InChI is InChI=1S/C45H61ClN2O5/c1-26(2)34-27(3)24-45(37-48-47-36(53-37)28-12-14-29(46)15-13-28)23-22-41(8)30(35(34)45)16-20-44(11)42(9)19-18-32(52-33(49)25-39(4,5)38(50)51)40(6,7)31(42)17-21-43(41,44)10/h12-15,26,30-32H,3,16-25H2,1-2,4-11H3,(H,50,51). The van der Waals surface area contributed by atoms with Gasteiger partial charge < -0.3 is 14.3 Å². The number of esters is 1. The summed E-state index contributed by atoms with van der Waals surface area (Å²) in [5, 5.41) is 19.7. The first-order chi connectivity index (χ1) is 24.6. The number of carboxylic acid groups (broad SMARTS) is 1. The first-order valence-corrected chi connectivity index (χ1v) is 20.4. The van der Waals surface area contributed by atoms with Crippen LogP contribution < -0.4 is 0 Å². The molecule has 5 aliphatic carbocycles. The Morgan fingerprint density at radius 1 is 0.943 bits per heavy atom. The van der Waals surface area contributed by atoms with Crippen LogP contribution in [-0.2, 0) is 19.7 Å². The third kappa shape index (κ3) is 5.24. The predicted molar refractivity (Wildman–Crippen MR) is 208 cm³/mol. The lowest BCUT2D eigenvalue weighted by Crippen LogP contribution is -2.70. The second-order valence-electron chi connectivity index (χ2n) is 20.1. The van der Waals surface area contributed by atoms with Crippen LogP contribution >= 0.6 is 11.6 Å². The number of hydrogen-bond acceptors (Lipinski definition) is 6. The SMILES string of the molecule is C=C1CC2(c3nnc(-c4ccc(Cl)cc4)o3)CCC3(C)C(CCC4(C)C5(C)CCC(OC(=O)CC(C)(C)C(=O)O)C(C)(C)C5CCC34C)C2=C1C(C)C. The summed E-state index contributed by atoms with van der Waals surface area (Å²) < 4.78 is 12.9. The summed E-state index contributed by atoms with van der Waals surface area (Å²) in [7, 11) is 0. The van der Waals surface area contributed by atoms with Gasteiger partial charge in [0.2, 0.25) is 11.8 Å². The van der Waals surface area contributed by atoms with Crippen LogP contribution in [0.2, 0.25) is 5.02 Å². The minimum absolute atomic E-state index is 0.0454. The van der Waals surface area contributed by atoms with E-state index in [4.69, 9.17) is 32.4 Å². The molecule has 7 nitrogen and oxygen atoms in total. The number of allylic oxidation sites excluding steroid dienone is 3. The summed E-state index contributed by atoms with van der Waals surface area (Å²) in [5.41, 5.74) is 3.52. The molecule has 0 aliphatic heterocycles. The molecule has 288 valence electrons. The molecule has 1 aromatic carbocycles. The lowest BCUT2D eigenvalue weighted by molar-refractivity contribution is -0.276. The Balaban J connectivity index is 1.23. The molecule has 4 saturated carbocycles. The van der Waals surface area contributed by atoms with Gasteiger partial charge in [-0.1, -0.05) is 79.1 Å². The molecule has 4 fully saturated rings. The van der Waals surface area contributed by atoms with Crippen molar-refractivity contribution in [2.75, 3.05) is 0 Å². The maximum Gasteiger partial charge on any atom is 0.309 e.